The molecule has 0 aliphatic rings. The number of benzene rings is 1. The van der Waals surface area contributed by atoms with Crippen molar-refractivity contribution < 1.29 is 4.79 Å². The van der Waals surface area contributed by atoms with E-state index >= 15 is 0 Å². The van der Waals surface area contributed by atoms with Gasteiger partial charge in [0, 0.05) is 12.6 Å². The Morgan fingerprint density at radius 2 is 2.21 bits per heavy atom. The number of para-hydroxylation sites is 1. The molecule has 1 aromatic heterocycles. The lowest BCUT2D eigenvalue weighted by atomic mass is 10.3. The monoisotopic (exact) mass is 278 g/mol. The molecule has 0 saturated heterocycles. The zero-order valence-electron chi connectivity index (χ0n) is 10.3. The molecule has 1 aromatic carbocycles. The molecule has 0 unspecified atom stereocenters. The molecule has 5 nitrogen and oxygen atoms in total. The maximum atomic E-state index is 11.9. The number of nitrogens with two attached hydrogens (primary N) is 1. The van der Waals surface area contributed by atoms with E-state index in [-0.39, 0.29) is 12.5 Å². The molecule has 3 N–H and O–H groups in total. The van der Waals surface area contributed by atoms with Crippen molar-refractivity contribution in [1.29, 1.82) is 0 Å². The number of nitrogens with zero attached hydrogens (tertiary/aromatic N) is 2. The molecule has 2 aromatic rings. The maximum Gasteiger partial charge on any atom is 0.244 e. The third kappa shape index (κ3) is 3.81. The predicted molar refractivity (Wildman–Crippen MR) is 75.1 cm³/mol. The molecule has 0 radical (unpaired) electrons. The van der Waals surface area contributed by atoms with Crippen LogP contribution in [0.4, 0.5) is 5.69 Å². The fourth-order valence-electron chi connectivity index (χ4n) is 1.69. The minimum absolute atomic E-state index is 0.148. The number of imidazole rings is 1. The van der Waals surface area contributed by atoms with Crippen LogP contribution in [0, 0.1) is 0 Å². The summed E-state index contributed by atoms with van der Waals surface area (Å²) in [6.45, 7) is 0.742. The molecule has 2 rings (SSSR count). The van der Waals surface area contributed by atoms with Crippen molar-refractivity contribution in [2.45, 2.75) is 13.0 Å². The standard InChI is InChI=1S/C13H15ClN4O/c14-11-3-1-2-4-12(11)17-13(19)8-18-7-10(5-6-15)16-9-18/h1-4,7,9H,5-6,8,15H2,(H,17,19). The number of nitrogens with one attached hydrogen (secondary N) is 1. The molecule has 6 heteroatoms. The molecular formula is C13H15ClN4O. The first-order chi connectivity index (χ1) is 9.19. The van der Waals surface area contributed by atoms with E-state index in [2.05, 4.69) is 10.3 Å². The lowest BCUT2D eigenvalue weighted by molar-refractivity contribution is -0.116. The van der Waals surface area contributed by atoms with Crippen molar-refractivity contribution in [3.8, 4) is 0 Å². The number of aromatic nitrogens is 2. The van der Waals surface area contributed by atoms with E-state index < -0.39 is 0 Å². The van der Waals surface area contributed by atoms with Gasteiger partial charge in [0.1, 0.15) is 6.54 Å². The van der Waals surface area contributed by atoms with Crippen molar-refractivity contribution in [2.24, 2.45) is 5.73 Å². The fraction of sp³-hybridized carbons (Fsp3) is 0.231. The van der Waals surface area contributed by atoms with Gasteiger partial charge in [-0.1, -0.05) is 23.7 Å². The van der Waals surface area contributed by atoms with Gasteiger partial charge >= 0.3 is 0 Å². The van der Waals surface area contributed by atoms with E-state index in [1.807, 2.05) is 18.3 Å². The first-order valence-corrected chi connectivity index (χ1v) is 6.32. The molecule has 0 spiro atoms. The molecular weight excluding hydrogens is 264 g/mol. The number of anilines is 1. The highest BCUT2D eigenvalue weighted by Gasteiger charge is 2.06. The fourth-order valence-corrected chi connectivity index (χ4v) is 1.87. The van der Waals surface area contributed by atoms with Crippen LogP contribution in [0.2, 0.25) is 5.02 Å². The number of carbonyl (C=O) groups is 1. The maximum absolute atomic E-state index is 11.9. The lowest BCUT2D eigenvalue weighted by Gasteiger charge is -2.07. The number of rotatable bonds is 5. The molecule has 1 heterocycles. The van der Waals surface area contributed by atoms with Gasteiger partial charge < -0.3 is 15.6 Å². The van der Waals surface area contributed by atoms with Crippen LogP contribution in [0.15, 0.2) is 36.8 Å². The Labute approximate surface area is 116 Å². The van der Waals surface area contributed by atoms with Crippen molar-refractivity contribution in [3.05, 3.63) is 47.5 Å². The average molecular weight is 279 g/mol. The Morgan fingerprint density at radius 1 is 1.42 bits per heavy atom. The van der Waals surface area contributed by atoms with E-state index in [4.69, 9.17) is 17.3 Å². The van der Waals surface area contributed by atoms with Gasteiger partial charge in [0.25, 0.3) is 0 Å². The van der Waals surface area contributed by atoms with Gasteiger partial charge in [0.05, 0.1) is 22.7 Å². The summed E-state index contributed by atoms with van der Waals surface area (Å²) in [6.07, 6.45) is 4.15. The summed E-state index contributed by atoms with van der Waals surface area (Å²) in [5.41, 5.74) is 6.94. The quantitative estimate of drug-likeness (QED) is 0.874. The predicted octanol–water partition coefficient (Wildman–Crippen LogP) is 1.68. The number of amides is 1. The summed E-state index contributed by atoms with van der Waals surface area (Å²) >= 11 is 5.97. The highest BCUT2D eigenvalue weighted by Crippen LogP contribution is 2.20. The second kappa shape index (κ2) is 6.36. The van der Waals surface area contributed by atoms with Gasteiger partial charge in [0.15, 0.2) is 0 Å². The summed E-state index contributed by atoms with van der Waals surface area (Å²) in [6, 6.07) is 7.12. The van der Waals surface area contributed by atoms with Crippen LogP contribution in [0.1, 0.15) is 5.69 Å². The van der Waals surface area contributed by atoms with Crippen LogP contribution in [0.5, 0.6) is 0 Å². The van der Waals surface area contributed by atoms with Gasteiger partial charge in [0.2, 0.25) is 5.91 Å². The van der Waals surface area contributed by atoms with Crippen molar-refractivity contribution in [1.82, 2.24) is 9.55 Å². The van der Waals surface area contributed by atoms with Gasteiger partial charge in [-0.3, -0.25) is 4.79 Å². The summed E-state index contributed by atoms with van der Waals surface area (Å²) < 4.78 is 1.72. The first kappa shape index (κ1) is 13.6. The minimum Gasteiger partial charge on any atom is -0.330 e. The normalized spacial score (nSPS) is 10.4. The number of carbonyl (C=O) groups excluding carboxylic acids is 1. The second-order valence-electron chi connectivity index (χ2n) is 4.10. The second-order valence-corrected chi connectivity index (χ2v) is 4.51. The molecule has 100 valence electrons. The largest absolute Gasteiger partial charge is 0.330 e. The van der Waals surface area contributed by atoms with E-state index in [1.54, 1.807) is 23.0 Å². The Balaban J connectivity index is 1.95. The number of hydrogen-bond donors (Lipinski definition) is 2. The summed E-state index contributed by atoms with van der Waals surface area (Å²) in [4.78, 5) is 16.0. The van der Waals surface area contributed by atoms with Crippen LogP contribution in [0.25, 0.3) is 0 Å². The third-order valence-corrected chi connectivity index (χ3v) is 2.89. The molecule has 0 atom stereocenters. The van der Waals surface area contributed by atoms with E-state index in [0.29, 0.717) is 23.7 Å². The first-order valence-electron chi connectivity index (χ1n) is 5.94. The van der Waals surface area contributed by atoms with Crippen LogP contribution in [0.3, 0.4) is 0 Å². The van der Waals surface area contributed by atoms with Crippen molar-refractivity contribution >= 4 is 23.2 Å². The third-order valence-electron chi connectivity index (χ3n) is 2.56. The molecule has 0 fully saturated rings. The Kier molecular flexibility index (Phi) is 4.54. The molecule has 0 aliphatic carbocycles. The SMILES string of the molecule is NCCc1cn(CC(=O)Nc2ccccc2Cl)cn1. The van der Waals surface area contributed by atoms with E-state index in [9.17, 15) is 4.79 Å². The minimum atomic E-state index is -0.148. The Bertz CT molecular complexity index is 567. The van der Waals surface area contributed by atoms with E-state index in [0.717, 1.165) is 5.69 Å². The van der Waals surface area contributed by atoms with E-state index in [1.165, 1.54) is 0 Å². The highest BCUT2D eigenvalue weighted by atomic mass is 35.5. The molecule has 0 saturated carbocycles. The lowest BCUT2D eigenvalue weighted by Crippen LogP contribution is -2.18. The van der Waals surface area contributed by atoms with Crippen LogP contribution in [-0.4, -0.2) is 22.0 Å². The number of hydrogen-bond acceptors (Lipinski definition) is 3. The van der Waals surface area contributed by atoms with Crippen molar-refractivity contribution in [2.75, 3.05) is 11.9 Å². The van der Waals surface area contributed by atoms with Gasteiger partial charge in [-0.25, -0.2) is 4.98 Å². The summed E-state index contributed by atoms with van der Waals surface area (Å²) in [5.74, 6) is -0.148. The summed E-state index contributed by atoms with van der Waals surface area (Å²) in [5, 5.41) is 3.27. The molecule has 19 heavy (non-hydrogen) atoms. The zero-order valence-corrected chi connectivity index (χ0v) is 11.1. The number of halogens is 1. The van der Waals surface area contributed by atoms with Crippen LogP contribution >= 0.6 is 11.6 Å². The molecule has 1 amide bonds. The molecule has 0 bridgehead atoms. The topological polar surface area (TPSA) is 72.9 Å². The van der Waals surface area contributed by atoms with Gasteiger partial charge in [-0.2, -0.15) is 0 Å². The van der Waals surface area contributed by atoms with Crippen LogP contribution in [-0.2, 0) is 17.8 Å². The smallest absolute Gasteiger partial charge is 0.244 e. The molecule has 0 aliphatic heterocycles. The summed E-state index contributed by atoms with van der Waals surface area (Å²) in [7, 11) is 0. The van der Waals surface area contributed by atoms with Crippen molar-refractivity contribution in [3.63, 3.8) is 0 Å². The zero-order chi connectivity index (χ0) is 13.7. The highest BCUT2D eigenvalue weighted by molar-refractivity contribution is 6.33. The van der Waals surface area contributed by atoms with Gasteiger partial charge in [-0.15, -0.1) is 0 Å². The Hall–Kier alpha value is -1.85. The van der Waals surface area contributed by atoms with Crippen LogP contribution < -0.4 is 11.1 Å². The average Bonchev–Trinajstić information content (AvgIpc) is 2.80. The van der Waals surface area contributed by atoms with Gasteiger partial charge in [-0.05, 0) is 18.7 Å². The Morgan fingerprint density at radius 3 is 2.95 bits per heavy atom.